The zero-order chi connectivity index (χ0) is 10.1. The topological polar surface area (TPSA) is 81.8 Å². The normalized spacial score (nSPS) is 32.8. The molecule has 1 aliphatic rings. The van der Waals surface area contributed by atoms with Gasteiger partial charge in [-0.2, -0.15) is 0 Å². The van der Waals surface area contributed by atoms with Gasteiger partial charge < -0.3 is 9.84 Å². The van der Waals surface area contributed by atoms with E-state index in [2.05, 4.69) is 0 Å². The molecule has 6 heteroatoms. The molecular weight excluding hydrogens is 178 g/mol. The third kappa shape index (κ3) is 1.96. The minimum Gasteiger partial charge on any atom is -0.386 e. The molecule has 1 N–H and O–H groups in total. The second-order valence-electron chi connectivity index (χ2n) is 3.46. The van der Waals surface area contributed by atoms with Crippen molar-refractivity contribution in [1.29, 1.82) is 0 Å². The first kappa shape index (κ1) is 10.4. The van der Waals surface area contributed by atoms with Gasteiger partial charge in [0.2, 0.25) is 0 Å². The second kappa shape index (κ2) is 3.21. The first-order chi connectivity index (χ1) is 5.92. The van der Waals surface area contributed by atoms with Gasteiger partial charge in [-0.25, -0.2) is 0 Å². The quantitative estimate of drug-likeness (QED) is 0.495. The molecule has 1 atom stereocenters. The first-order valence-corrected chi connectivity index (χ1v) is 4.01. The van der Waals surface area contributed by atoms with Crippen molar-refractivity contribution >= 4 is 0 Å². The number of nitrogens with zero attached hydrogens (tertiary/aromatic N) is 1. The number of hydrogen-bond donors (Lipinski definition) is 1. The van der Waals surface area contributed by atoms with E-state index in [1.807, 2.05) is 0 Å². The van der Waals surface area contributed by atoms with Gasteiger partial charge in [0.1, 0.15) is 6.61 Å². The summed E-state index contributed by atoms with van der Waals surface area (Å²) in [5, 5.41) is 19.6. The molecule has 6 nitrogen and oxygen atoms in total. The van der Waals surface area contributed by atoms with Crippen molar-refractivity contribution in [2.24, 2.45) is 0 Å². The van der Waals surface area contributed by atoms with Crippen LogP contribution < -0.4 is 0 Å². The zero-order valence-corrected chi connectivity index (χ0v) is 7.65. The molecule has 0 aliphatic carbocycles. The van der Waals surface area contributed by atoms with Crippen LogP contribution in [0.5, 0.6) is 0 Å². The summed E-state index contributed by atoms with van der Waals surface area (Å²) in [6, 6.07) is 0. The van der Waals surface area contributed by atoms with Gasteiger partial charge in [0.05, 0.1) is 18.0 Å². The SMILES string of the molecule is CC1(C)OCCC(CO)([N+](=O)[O-])O1. The monoisotopic (exact) mass is 191 g/mol. The van der Waals surface area contributed by atoms with Crippen LogP contribution in [0.15, 0.2) is 0 Å². The van der Waals surface area contributed by atoms with Crippen LogP contribution >= 0.6 is 0 Å². The van der Waals surface area contributed by atoms with Crippen LogP contribution in [-0.2, 0) is 9.47 Å². The molecule has 0 radical (unpaired) electrons. The van der Waals surface area contributed by atoms with Crippen molar-refractivity contribution in [3.05, 3.63) is 10.1 Å². The Labute approximate surface area is 75.6 Å². The first-order valence-electron chi connectivity index (χ1n) is 4.01. The van der Waals surface area contributed by atoms with Crippen molar-refractivity contribution in [3.63, 3.8) is 0 Å². The Balaban J connectivity index is 2.82. The molecule has 0 amide bonds. The number of hydrogen-bond acceptors (Lipinski definition) is 5. The zero-order valence-electron chi connectivity index (χ0n) is 7.65. The summed E-state index contributed by atoms with van der Waals surface area (Å²) in [6.45, 7) is 2.75. The lowest BCUT2D eigenvalue weighted by Gasteiger charge is -2.37. The van der Waals surface area contributed by atoms with E-state index in [9.17, 15) is 10.1 Å². The molecule has 1 saturated heterocycles. The van der Waals surface area contributed by atoms with E-state index in [1.165, 1.54) is 0 Å². The summed E-state index contributed by atoms with van der Waals surface area (Å²) in [4.78, 5) is 10.1. The molecule has 0 aromatic carbocycles. The molecule has 1 rings (SSSR count). The number of ether oxygens (including phenoxy) is 2. The van der Waals surface area contributed by atoms with E-state index >= 15 is 0 Å². The largest absolute Gasteiger partial charge is 0.386 e. The van der Waals surface area contributed by atoms with Crippen molar-refractivity contribution in [2.45, 2.75) is 31.8 Å². The maximum Gasteiger partial charge on any atom is 0.352 e. The van der Waals surface area contributed by atoms with Crippen LogP contribution in [0.4, 0.5) is 0 Å². The van der Waals surface area contributed by atoms with Gasteiger partial charge in [0, 0.05) is 0 Å². The van der Waals surface area contributed by atoms with E-state index in [0.717, 1.165) is 0 Å². The molecule has 1 heterocycles. The van der Waals surface area contributed by atoms with Crippen LogP contribution in [0, 0.1) is 10.1 Å². The van der Waals surface area contributed by atoms with Crippen LogP contribution in [0.1, 0.15) is 20.3 Å². The maximum absolute atomic E-state index is 10.7. The summed E-state index contributed by atoms with van der Waals surface area (Å²) in [7, 11) is 0. The third-order valence-corrected chi connectivity index (χ3v) is 1.96. The summed E-state index contributed by atoms with van der Waals surface area (Å²) in [5.74, 6) is -1.01. The van der Waals surface area contributed by atoms with Gasteiger partial charge in [0.15, 0.2) is 5.79 Å². The molecule has 13 heavy (non-hydrogen) atoms. The number of aliphatic hydroxyl groups excluding tert-OH is 1. The minimum absolute atomic E-state index is 0.0694. The Bertz CT molecular complexity index is 217. The molecule has 0 saturated carbocycles. The molecule has 0 aromatic heterocycles. The molecule has 1 fully saturated rings. The van der Waals surface area contributed by atoms with E-state index in [-0.39, 0.29) is 13.0 Å². The number of nitro groups is 1. The van der Waals surface area contributed by atoms with E-state index < -0.39 is 23.0 Å². The summed E-state index contributed by atoms with van der Waals surface area (Å²) in [5.41, 5.74) is -1.69. The standard InChI is InChI=1S/C7H13NO5/c1-6(2)12-4-3-7(5-9,13-6)8(10)11/h9H,3-5H2,1-2H3. The van der Waals surface area contributed by atoms with E-state index in [1.54, 1.807) is 13.8 Å². The molecule has 1 unspecified atom stereocenters. The van der Waals surface area contributed by atoms with Gasteiger partial charge in [-0.3, -0.25) is 14.9 Å². The predicted molar refractivity (Wildman–Crippen MR) is 42.5 cm³/mol. The summed E-state index contributed by atoms with van der Waals surface area (Å²) in [6.07, 6.45) is 0.0694. The van der Waals surface area contributed by atoms with Crippen LogP contribution in [0.2, 0.25) is 0 Å². The average Bonchev–Trinajstić information content (AvgIpc) is 2.02. The highest BCUT2D eigenvalue weighted by Gasteiger charge is 2.51. The van der Waals surface area contributed by atoms with Crippen molar-refractivity contribution in [2.75, 3.05) is 13.2 Å². The Kier molecular flexibility index (Phi) is 2.56. The lowest BCUT2D eigenvalue weighted by atomic mass is 10.1. The summed E-state index contributed by atoms with van der Waals surface area (Å²) >= 11 is 0. The summed E-state index contributed by atoms with van der Waals surface area (Å²) < 4.78 is 10.2. The second-order valence-corrected chi connectivity index (χ2v) is 3.46. The molecule has 0 bridgehead atoms. The fraction of sp³-hybridized carbons (Fsp3) is 1.00. The minimum atomic E-state index is -1.69. The predicted octanol–water partition coefficient (Wildman–Crippen LogP) is 0.125. The fourth-order valence-corrected chi connectivity index (χ4v) is 1.29. The van der Waals surface area contributed by atoms with Gasteiger partial charge in [-0.1, -0.05) is 0 Å². The van der Waals surface area contributed by atoms with Crippen molar-refractivity contribution in [1.82, 2.24) is 0 Å². The van der Waals surface area contributed by atoms with Gasteiger partial charge in [-0.15, -0.1) is 0 Å². The van der Waals surface area contributed by atoms with Crippen molar-refractivity contribution in [3.8, 4) is 0 Å². The van der Waals surface area contributed by atoms with Gasteiger partial charge in [0.25, 0.3) is 0 Å². The third-order valence-electron chi connectivity index (χ3n) is 1.96. The van der Waals surface area contributed by atoms with Crippen LogP contribution in [-0.4, -0.2) is 34.8 Å². The van der Waals surface area contributed by atoms with Crippen LogP contribution in [0.25, 0.3) is 0 Å². The lowest BCUT2D eigenvalue weighted by Crippen LogP contribution is -2.55. The highest BCUT2D eigenvalue weighted by Crippen LogP contribution is 2.30. The van der Waals surface area contributed by atoms with E-state index in [4.69, 9.17) is 14.6 Å². The number of rotatable bonds is 2. The van der Waals surface area contributed by atoms with Crippen molar-refractivity contribution < 1.29 is 19.5 Å². The molecule has 76 valence electrons. The Morgan fingerprint density at radius 1 is 1.62 bits per heavy atom. The molecule has 0 aromatic rings. The Morgan fingerprint density at radius 3 is 2.54 bits per heavy atom. The maximum atomic E-state index is 10.7. The lowest BCUT2D eigenvalue weighted by molar-refractivity contribution is -0.660. The van der Waals surface area contributed by atoms with Crippen LogP contribution in [0.3, 0.4) is 0 Å². The molecular formula is C7H13NO5. The Hall–Kier alpha value is -0.720. The van der Waals surface area contributed by atoms with Gasteiger partial charge >= 0.3 is 5.72 Å². The Morgan fingerprint density at radius 2 is 2.23 bits per heavy atom. The highest BCUT2D eigenvalue weighted by atomic mass is 16.8. The fourth-order valence-electron chi connectivity index (χ4n) is 1.29. The molecule has 1 aliphatic heterocycles. The highest BCUT2D eigenvalue weighted by molar-refractivity contribution is 4.75. The molecule has 0 spiro atoms. The average molecular weight is 191 g/mol. The number of aliphatic hydroxyl groups is 1. The van der Waals surface area contributed by atoms with E-state index in [0.29, 0.717) is 0 Å². The smallest absolute Gasteiger partial charge is 0.352 e. The van der Waals surface area contributed by atoms with Gasteiger partial charge in [-0.05, 0) is 13.8 Å².